The molecule has 110 valence electrons. The molecule has 4 heteroatoms. The highest BCUT2D eigenvalue weighted by atomic mass is 32.1. The Morgan fingerprint density at radius 2 is 2.10 bits per heavy atom. The Kier molecular flexibility index (Phi) is 4.13. The lowest BCUT2D eigenvalue weighted by atomic mass is 9.84. The van der Waals surface area contributed by atoms with Crippen LogP contribution in [-0.4, -0.2) is 14.5 Å². The summed E-state index contributed by atoms with van der Waals surface area (Å²) >= 11 is 1.77. The Hall–Kier alpha value is -0.870. The molecule has 0 spiro atoms. The van der Waals surface area contributed by atoms with E-state index in [-0.39, 0.29) is 6.10 Å². The van der Waals surface area contributed by atoms with Gasteiger partial charge in [-0.25, -0.2) is 4.98 Å². The minimum atomic E-state index is -0.349. The molecule has 20 heavy (non-hydrogen) atoms. The van der Waals surface area contributed by atoms with Crippen LogP contribution in [0.15, 0.2) is 12.5 Å². The van der Waals surface area contributed by atoms with Gasteiger partial charge in [-0.2, -0.15) is 0 Å². The van der Waals surface area contributed by atoms with Crippen molar-refractivity contribution in [3.63, 3.8) is 0 Å². The van der Waals surface area contributed by atoms with Gasteiger partial charge in [0.1, 0.15) is 11.2 Å². The van der Waals surface area contributed by atoms with Gasteiger partial charge in [-0.3, -0.25) is 4.40 Å². The van der Waals surface area contributed by atoms with Crippen LogP contribution in [-0.2, 0) is 0 Å². The van der Waals surface area contributed by atoms with Crippen molar-refractivity contribution in [3.8, 4) is 0 Å². The van der Waals surface area contributed by atoms with Gasteiger partial charge in [-0.1, -0.05) is 46.0 Å². The lowest BCUT2D eigenvalue weighted by Crippen LogP contribution is -2.13. The third-order valence-electron chi connectivity index (χ3n) is 4.45. The van der Waals surface area contributed by atoms with Crippen LogP contribution in [0.2, 0.25) is 0 Å². The average Bonchev–Trinajstić information content (AvgIpc) is 2.99. The zero-order valence-electron chi connectivity index (χ0n) is 12.4. The van der Waals surface area contributed by atoms with Crippen LogP contribution in [0.25, 0.3) is 4.83 Å². The van der Waals surface area contributed by atoms with Crippen LogP contribution in [0.1, 0.15) is 75.0 Å². The van der Waals surface area contributed by atoms with E-state index < -0.39 is 0 Å². The lowest BCUT2D eigenvalue weighted by Gasteiger charge is -2.24. The summed E-state index contributed by atoms with van der Waals surface area (Å²) in [7, 11) is 0. The molecule has 1 aliphatic rings. The zero-order chi connectivity index (χ0) is 14.1. The van der Waals surface area contributed by atoms with Gasteiger partial charge in [-0.15, -0.1) is 11.3 Å². The lowest BCUT2D eigenvalue weighted by molar-refractivity contribution is 0.126. The summed E-state index contributed by atoms with van der Waals surface area (Å²) in [4.78, 5) is 6.67. The molecule has 2 aromatic rings. The third-order valence-corrected chi connectivity index (χ3v) is 5.86. The molecule has 0 aliphatic heterocycles. The normalized spacial score (nSPS) is 19.0. The highest BCUT2D eigenvalue weighted by Gasteiger charge is 2.25. The molecule has 1 saturated carbocycles. The molecule has 3 rings (SSSR count). The van der Waals surface area contributed by atoms with Crippen molar-refractivity contribution in [1.82, 2.24) is 9.38 Å². The van der Waals surface area contributed by atoms with E-state index in [1.54, 1.807) is 11.3 Å². The van der Waals surface area contributed by atoms with Crippen molar-refractivity contribution in [1.29, 1.82) is 0 Å². The molecule has 0 unspecified atom stereocenters. The number of nitrogens with zero attached hydrogens (tertiary/aromatic N) is 2. The fraction of sp³-hybridized carbons (Fsp3) is 0.688. The monoisotopic (exact) mass is 292 g/mol. The summed E-state index contributed by atoms with van der Waals surface area (Å²) in [6, 6.07) is 0. The molecule has 2 heterocycles. The molecule has 1 fully saturated rings. The molecular formula is C16H24N2OS. The van der Waals surface area contributed by atoms with Crippen LogP contribution < -0.4 is 0 Å². The summed E-state index contributed by atoms with van der Waals surface area (Å²) in [5.41, 5.74) is 1.09. The number of thiazole rings is 1. The second-order valence-electron chi connectivity index (χ2n) is 6.36. The molecule has 0 radical (unpaired) electrons. The van der Waals surface area contributed by atoms with E-state index in [9.17, 15) is 5.11 Å². The van der Waals surface area contributed by atoms with Crippen molar-refractivity contribution in [2.45, 2.75) is 64.4 Å². The second kappa shape index (κ2) is 5.86. The summed E-state index contributed by atoms with van der Waals surface area (Å²) in [5.74, 6) is 1.15. The summed E-state index contributed by atoms with van der Waals surface area (Å²) in [6.07, 6.45) is 10.9. The first-order valence-corrected chi connectivity index (χ1v) is 8.61. The molecule has 0 saturated heterocycles. The number of aliphatic hydroxyl groups is 1. The van der Waals surface area contributed by atoms with E-state index >= 15 is 0 Å². The Morgan fingerprint density at radius 1 is 1.35 bits per heavy atom. The number of fused-ring (bicyclic) bond motifs is 1. The van der Waals surface area contributed by atoms with Crippen molar-refractivity contribution < 1.29 is 5.11 Å². The standard InChI is InChI=1S/C16H24N2OS/c1-11(2)16-15(18-10-17-9-14(18)20-16)13(19)8-12-6-4-3-5-7-12/h9-13,19H,3-8H2,1-2H3/t13-/m0/s1. The quantitative estimate of drug-likeness (QED) is 0.899. The number of aromatic nitrogens is 2. The second-order valence-corrected chi connectivity index (χ2v) is 7.43. The summed E-state index contributed by atoms with van der Waals surface area (Å²) in [6.45, 7) is 4.41. The van der Waals surface area contributed by atoms with Gasteiger partial charge in [0.15, 0.2) is 0 Å². The van der Waals surface area contributed by atoms with Crippen molar-refractivity contribution in [2.24, 2.45) is 5.92 Å². The predicted molar refractivity (Wildman–Crippen MR) is 83.3 cm³/mol. The maximum absolute atomic E-state index is 10.8. The number of aliphatic hydroxyl groups excluding tert-OH is 1. The van der Waals surface area contributed by atoms with Crippen LogP contribution in [0.3, 0.4) is 0 Å². The fourth-order valence-electron chi connectivity index (χ4n) is 3.41. The maximum atomic E-state index is 10.8. The van der Waals surface area contributed by atoms with Gasteiger partial charge in [0.2, 0.25) is 0 Å². The first-order valence-electron chi connectivity index (χ1n) is 7.79. The van der Waals surface area contributed by atoms with Gasteiger partial charge in [0.25, 0.3) is 0 Å². The third kappa shape index (κ3) is 2.63. The molecule has 0 amide bonds. The Morgan fingerprint density at radius 3 is 2.80 bits per heavy atom. The zero-order valence-corrected chi connectivity index (χ0v) is 13.2. The Labute approximate surface area is 124 Å². The van der Waals surface area contributed by atoms with Gasteiger partial charge in [0, 0.05) is 4.88 Å². The maximum Gasteiger partial charge on any atom is 0.120 e. The fourth-order valence-corrected chi connectivity index (χ4v) is 4.57. The van der Waals surface area contributed by atoms with Gasteiger partial charge in [-0.05, 0) is 18.3 Å². The Balaban J connectivity index is 1.86. The molecule has 2 aromatic heterocycles. The summed E-state index contributed by atoms with van der Waals surface area (Å²) in [5, 5.41) is 10.8. The molecule has 0 aromatic carbocycles. The highest BCUT2D eigenvalue weighted by molar-refractivity contribution is 7.17. The van der Waals surface area contributed by atoms with E-state index in [1.165, 1.54) is 37.0 Å². The van der Waals surface area contributed by atoms with Crippen LogP contribution in [0.4, 0.5) is 0 Å². The molecule has 3 nitrogen and oxygen atoms in total. The van der Waals surface area contributed by atoms with E-state index in [0.29, 0.717) is 11.8 Å². The average molecular weight is 292 g/mol. The van der Waals surface area contributed by atoms with Crippen LogP contribution >= 0.6 is 11.3 Å². The first kappa shape index (κ1) is 14.1. The van der Waals surface area contributed by atoms with Crippen molar-refractivity contribution >= 4 is 16.2 Å². The number of hydrogen-bond donors (Lipinski definition) is 1. The molecule has 1 N–H and O–H groups in total. The number of rotatable bonds is 4. The van der Waals surface area contributed by atoms with E-state index in [2.05, 4.69) is 23.2 Å². The molecule has 1 atom stereocenters. The predicted octanol–water partition coefficient (Wildman–Crippen LogP) is 4.52. The van der Waals surface area contributed by atoms with Gasteiger partial charge in [0.05, 0.1) is 18.0 Å². The number of hydrogen-bond acceptors (Lipinski definition) is 3. The van der Waals surface area contributed by atoms with Gasteiger partial charge >= 0.3 is 0 Å². The molecular weight excluding hydrogens is 268 g/mol. The topological polar surface area (TPSA) is 37.5 Å². The Bertz CT molecular complexity index is 566. The van der Waals surface area contributed by atoms with Crippen LogP contribution in [0.5, 0.6) is 0 Å². The van der Waals surface area contributed by atoms with E-state index in [4.69, 9.17) is 0 Å². The highest BCUT2D eigenvalue weighted by Crippen LogP contribution is 2.38. The largest absolute Gasteiger partial charge is 0.387 e. The number of imidazole rings is 1. The summed E-state index contributed by atoms with van der Waals surface area (Å²) < 4.78 is 2.09. The molecule has 1 aliphatic carbocycles. The van der Waals surface area contributed by atoms with Crippen molar-refractivity contribution in [2.75, 3.05) is 0 Å². The smallest absolute Gasteiger partial charge is 0.120 e. The van der Waals surface area contributed by atoms with Crippen LogP contribution in [0, 0.1) is 5.92 Å². The van der Waals surface area contributed by atoms with E-state index in [0.717, 1.165) is 16.9 Å². The molecule has 0 bridgehead atoms. The first-order chi connectivity index (χ1) is 9.66. The van der Waals surface area contributed by atoms with Crippen molar-refractivity contribution in [3.05, 3.63) is 23.1 Å². The SMILES string of the molecule is CC(C)c1sc2cncn2c1[C@@H](O)CC1CCCCC1. The minimum Gasteiger partial charge on any atom is -0.387 e. The minimum absolute atomic E-state index is 0.349. The van der Waals surface area contributed by atoms with E-state index in [1.807, 2.05) is 12.5 Å². The van der Waals surface area contributed by atoms with Gasteiger partial charge < -0.3 is 5.11 Å².